The van der Waals surface area contributed by atoms with Crippen LogP contribution in [0.25, 0.3) is 16.7 Å². The van der Waals surface area contributed by atoms with Crippen molar-refractivity contribution in [2.75, 3.05) is 19.3 Å². The number of piperidine rings is 1. The summed E-state index contributed by atoms with van der Waals surface area (Å²) in [6.07, 6.45) is 6.39. The van der Waals surface area contributed by atoms with Gasteiger partial charge in [0.15, 0.2) is 5.65 Å². The predicted octanol–water partition coefficient (Wildman–Crippen LogP) is 1.82. The lowest BCUT2D eigenvalue weighted by Crippen LogP contribution is -2.34. The zero-order valence-electron chi connectivity index (χ0n) is 14.2. The third-order valence-corrected chi connectivity index (χ3v) is 5.29. The number of ether oxygens (including phenoxy) is 1. The molecule has 0 radical (unpaired) electrons. The van der Waals surface area contributed by atoms with Crippen molar-refractivity contribution >= 4 is 21.8 Å². The van der Waals surface area contributed by atoms with E-state index in [4.69, 9.17) is 4.74 Å². The Labute approximate surface area is 152 Å². The number of nitrogens with zero attached hydrogens (tertiary/aromatic N) is 4. The smallest absolute Gasteiger partial charge is 0.228 e. The Bertz CT molecular complexity index is 971. The van der Waals surface area contributed by atoms with Crippen LogP contribution in [-0.4, -0.2) is 49.4 Å². The SMILES string of the molecule is CS(=O)c1ccc(-n2ncc3c(OC4CCNCC4)ncnc32)c(F)c1. The number of hydrogen-bond acceptors (Lipinski definition) is 6. The monoisotopic (exact) mass is 375 g/mol. The number of nitrogens with one attached hydrogen (secondary N) is 1. The van der Waals surface area contributed by atoms with E-state index >= 15 is 0 Å². The van der Waals surface area contributed by atoms with E-state index in [1.807, 2.05) is 0 Å². The Kier molecular flexibility index (Phi) is 4.64. The number of benzene rings is 1. The van der Waals surface area contributed by atoms with Crippen LogP contribution in [0.1, 0.15) is 12.8 Å². The Morgan fingerprint density at radius 2 is 2.12 bits per heavy atom. The minimum Gasteiger partial charge on any atom is -0.474 e. The first-order valence-corrected chi connectivity index (χ1v) is 9.89. The maximum Gasteiger partial charge on any atom is 0.228 e. The summed E-state index contributed by atoms with van der Waals surface area (Å²) >= 11 is 0. The van der Waals surface area contributed by atoms with Crippen LogP contribution < -0.4 is 10.1 Å². The molecule has 1 saturated heterocycles. The van der Waals surface area contributed by atoms with Gasteiger partial charge in [-0.05, 0) is 44.1 Å². The molecule has 1 aromatic carbocycles. The van der Waals surface area contributed by atoms with Gasteiger partial charge in [-0.3, -0.25) is 4.21 Å². The zero-order chi connectivity index (χ0) is 18.1. The lowest BCUT2D eigenvalue weighted by Gasteiger charge is -2.23. The molecular weight excluding hydrogens is 357 g/mol. The minimum absolute atomic E-state index is 0.0910. The highest BCUT2D eigenvalue weighted by molar-refractivity contribution is 7.84. The fourth-order valence-corrected chi connectivity index (χ4v) is 3.53. The molecule has 4 rings (SSSR count). The van der Waals surface area contributed by atoms with Crippen molar-refractivity contribution in [3.63, 3.8) is 0 Å². The molecule has 26 heavy (non-hydrogen) atoms. The van der Waals surface area contributed by atoms with Crippen molar-refractivity contribution in [2.24, 2.45) is 0 Å². The Hall–Kier alpha value is -2.39. The Morgan fingerprint density at radius 1 is 1.31 bits per heavy atom. The quantitative estimate of drug-likeness (QED) is 0.749. The van der Waals surface area contributed by atoms with Crippen LogP contribution in [0.2, 0.25) is 0 Å². The van der Waals surface area contributed by atoms with Gasteiger partial charge in [0.05, 0.1) is 6.20 Å². The molecule has 1 aliphatic heterocycles. The van der Waals surface area contributed by atoms with Gasteiger partial charge in [-0.15, -0.1) is 0 Å². The summed E-state index contributed by atoms with van der Waals surface area (Å²) in [5, 5.41) is 8.18. The average molecular weight is 375 g/mol. The van der Waals surface area contributed by atoms with Crippen molar-refractivity contribution in [2.45, 2.75) is 23.8 Å². The van der Waals surface area contributed by atoms with Crippen LogP contribution in [0.5, 0.6) is 5.88 Å². The van der Waals surface area contributed by atoms with E-state index < -0.39 is 16.6 Å². The molecule has 0 saturated carbocycles. The number of hydrogen-bond donors (Lipinski definition) is 1. The second kappa shape index (κ2) is 7.08. The van der Waals surface area contributed by atoms with Crippen molar-refractivity contribution in [3.8, 4) is 11.6 Å². The zero-order valence-corrected chi connectivity index (χ0v) is 15.0. The summed E-state index contributed by atoms with van der Waals surface area (Å²) in [5.41, 5.74) is 0.703. The summed E-state index contributed by atoms with van der Waals surface area (Å²) in [4.78, 5) is 8.89. The molecule has 3 aromatic rings. The fourth-order valence-electron chi connectivity index (χ4n) is 3.00. The van der Waals surface area contributed by atoms with Crippen molar-refractivity contribution in [1.29, 1.82) is 0 Å². The highest BCUT2D eigenvalue weighted by Crippen LogP contribution is 2.26. The lowest BCUT2D eigenvalue weighted by atomic mass is 10.1. The molecule has 0 aliphatic carbocycles. The van der Waals surface area contributed by atoms with Crippen LogP contribution in [0.4, 0.5) is 4.39 Å². The van der Waals surface area contributed by atoms with Crippen molar-refractivity contribution < 1.29 is 13.3 Å². The third-order valence-electron chi connectivity index (χ3n) is 4.37. The van der Waals surface area contributed by atoms with E-state index in [1.165, 1.54) is 23.3 Å². The second-order valence-electron chi connectivity index (χ2n) is 6.11. The van der Waals surface area contributed by atoms with Gasteiger partial charge in [0.2, 0.25) is 5.88 Å². The first kappa shape index (κ1) is 17.0. The van der Waals surface area contributed by atoms with E-state index in [2.05, 4.69) is 20.4 Å². The summed E-state index contributed by atoms with van der Waals surface area (Å²) in [6, 6.07) is 4.43. The molecule has 1 unspecified atom stereocenters. The minimum atomic E-state index is -1.25. The molecular formula is C17H18FN5O2S. The Morgan fingerprint density at radius 3 is 2.85 bits per heavy atom. The van der Waals surface area contributed by atoms with E-state index in [9.17, 15) is 8.60 Å². The van der Waals surface area contributed by atoms with Gasteiger partial charge in [-0.2, -0.15) is 5.10 Å². The molecule has 1 N–H and O–H groups in total. The van der Waals surface area contributed by atoms with E-state index in [0.29, 0.717) is 21.8 Å². The number of aromatic nitrogens is 4. The first-order chi connectivity index (χ1) is 12.6. The van der Waals surface area contributed by atoms with E-state index in [0.717, 1.165) is 25.9 Å². The van der Waals surface area contributed by atoms with E-state index in [1.54, 1.807) is 18.3 Å². The van der Waals surface area contributed by atoms with Gasteiger partial charge in [-0.1, -0.05) is 0 Å². The van der Waals surface area contributed by atoms with Crippen LogP contribution in [0.15, 0.2) is 35.6 Å². The number of rotatable bonds is 4. The topological polar surface area (TPSA) is 81.9 Å². The standard InChI is InChI=1S/C17H18FN5O2S/c1-26(24)12-2-3-15(14(18)8-12)23-16-13(9-22-23)17(21-10-20-16)25-11-4-6-19-7-5-11/h2-3,8-11,19H,4-7H2,1H3. The third kappa shape index (κ3) is 3.19. The molecule has 1 aliphatic rings. The van der Waals surface area contributed by atoms with Gasteiger partial charge in [0.25, 0.3) is 0 Å². The number of halogens is 1. The molecule has 136 valence electrons. The largest absolute Gasteiger partial charge is 0.474 e. The second-order valence-corrected chi connectivity index (χ2v) is 7.49. The van der Waals surface area contributed by atoms with Gasteiger partial charge in [0.1, 0.15) is 29.3 Å². The Balaban J connectivity index is 1.71. The summed E-state index contributed by atoms with van der Waals surface area (Å²) in [7, 11) is -1.25. The van der Waals surface area contributed by atoms with Crippen molar-refractivity contribution in [3.05, 3.63) is 36.5 Å². The van der Waals surface area contributed by atoms with E-state index in [-0.39, 0.29) is 11.8 Å². The summed E-state index contributed by atoms with van der Waals surface area (Å²) in [5.74, 6) is -0.0537. The molecule has 1 atom stereocenters. The van der Waals surface area contributed by atoms with Gasteiger partial charge in [0, 0.05) is 22.0 Å². The van der Waals surface area contributed by atoms with Crippen LogP contribution in [0.3, 0.4) is 0 Å². The maximum absolute atomic E-state index is 14.5. The maximum atomic E-state index is 14.5. The predicted molar refractivity (Wildman–Crippen MR) is 95.5 cm³/mol. The molecule has 9 heteroatoms. The van der Waals surface area contributed by atoms with Gasteiger partial charge < -0.3 is 10.1 Å². The van der Waals surface area contributed by atoms with Gasteiger partial charge in [-0.25, -0.2) is 19.0 Å². The highest BCUT2D eigenvalue weighted by Gasteiger charge is 2.19. The molecule has 3 heterocycles. The molecule has 2 aromatic heterocycles. The van der Waals surface area contributed by atoms with Crippen LogP contribution >= 0.6 is 0 Å². The molecule has 0 bridgehead atoms. The van der Waals surface area contributed by atoms with Gasteiger partial charge >= 0.3 is 0 Å². The lowest BCUT2D eigenvalue weighted by molar-refractivity contribution is 0.158. The van der Waals surface area contributed by atoms with Crippen molar-refractivity contribution in [1.82, 2.24) is 25.1 Å². The average Bonchev–Trinajstić information content (AvgIpc) is 3.07. The molecule has 1 fully saturated rings. The first-order valence-electron chi connectivity index (χ1n) is 8.33. The molecule has 0 amide bonds. The summed E-state index contributed by atoms with van der Waals surface area (Å²) in [6.45, 7) is 1.82. The summed E-state index contributed by atoms with van der Waals surface area (Å²) < 4.78 is 33.4. The molecule has 0 spiro atoms. The normalized spacial score (nSPS) is 16.7. The number of fused-ring (bicyclic) bond motifs is 1. The van der Waals surface area contributed by atoms with Crippen LogP contribution in [0, 0.1) is 5.82 Å². The van der Waals surface area contributed by atoms with Crippen LogP contribution in [-0.2, 0) is 10.8 Å². The molecule has 7 nitrogen and oxygen atoms in total. The highest BCUT2D eigenvalue weighted by atomic mass is 32.2. The fraction of sp³-hybridized carbons (Fsp3) is 0.353.